The van der Waals surface area contributed by atoms with E-state index in [-0.39, 0.29) is 21.3 Å². The maximum absolute atomic E-state index is 13.2. The monoisotopic (exact) mass is 573 g/mol. The Morgan fingerprint density at radius 3 is 2.44 bits per heavy atom. The molecule has 0 radical (unpaired) electrons. The van der Waals surface area contributed by atoms with Crippen LogP contribution in [0.15, 0.2) is 39.0 Å². The zero-order valence-electron chi connectivity index (χ0n) is 18.8. The molecule has 3 heterocycles. The lowest BCUT2D eigenvalue weighted by molar-refractivity contribution is -0.140. The quantitative estimate of drug-likeness (QED) is 0.546. The van der Waals surface area contributed by atoms with E-state index >= 15 is 0 Å². The molecule has 0 unspecified atom stereocenters. The summed E-state index contributed by atoms with van der Waals surface area (Å²) in [6, 6.07) is 3.60. The number of carbonyl (C=O) groups excluding carboxylic acids is 1. The molecule has 1 fully saturated rings. The smallest absolute Gasteiger partial charge is 0.416 e. The third-order valence-electron chi connectivity index (χ3n) is 5.31. The van der Waals surface area contributed by atoms with Crippen molar-refractivity contribution in [2.45, 2.75) is 31.5 Å². The van der Waals surface area contributed by atoms with Crippen LogP contribution in [-0.2, 0) is 22.3 Å². The van der Waals surface area contributed by atoms with Gasteiger partial charge in [-0.15, -0.1) is 11.3 Å². The van der Waals surface area contributed by atoms with Gasteiger partial charge in [-0.3, -0.25) is 23.9 Å². The second-order valence-electron chi connectivity index (χ2n) is 7.50. The van der Waals surface area contributed by atoms with Crippen LogP contribution in [0.3, 0.4) is 0 Å². The molecule has 190 valence electrons. The number of hydrogen-bond acceptors (Lipinski definition) is 8. The van der Waals surface area contributed by atoms with Gasteiger partial charge in [0.2, 0.25) is 0 Å². The molecule has 14 heteroatoms. The van der Waals surface area contributed by atoms with E-state index in [0.717, 1.165) is 40.1 Å². The van der Waals surface area contributed by atoms with E-state index in [4.69, 9.17) is 17.3 Å². The van der Waals surface area contributed by atoms with Crippen molar-refractivity contribution in [2.75, 3.05) is 18.0 Å². The highest BCUT2D eigenvalue weighted by Gasteiger charge is 2.36. The number of thiocarbonyl (C=S) groups is 1. The average Bonchev–Trinajstić information content (AvgIpc) is 3.42. The van der Waals surface area contributed by atoms with Gasteiger partial charge in [0, 0.05) is 18.0 Å². The van der Waals surface area contributed by atoms with Crippen molar-refractivity contribution < 1.29 is 27.9 Å². The Balaban J connectivity index is 1.76. The first-order valence-electron chi connectivity index (χ1n) is 10.5. The zero-order valence-corrected chi connectivity index (χ0v) is 22.1. The number of alkyl halides is 3. The van der Waals surface area contributed by atoms with E-state index in [0.29, 0.717) is 31.4 Å². The molecule has 0 spiro atoms. The Bertz CT molecular complexity index is 1490. The molecule has 7 nitrogen and oxygen atoms in total. The molecule has 1 aromatic carbocycles. The third kappa shape index (κ3) is 4.86. The van der Waals surface area contributed by atoms with Crippen molar-refractivity contribution in [3.63, 3.8) is 0 Å². The fourth-order valence-electron chi connectivity index (χ4n) is 3.66. The van der Waals surface area contributed by atoms with Gasteiger partial charge in [0.15, 0.2) is 0 Å². The maximum atomic E-state index is 13.2. The number of carbonyl (C=O) groups is 2. The minimum absolute atomic E-state index is 0.102. The number of hydrogen-bond donors (Lipinski definition) is 1. The normalized spacial score (nSPS) is 19.1. The SMILES string of the molecule is CCN1/C(=C/C=c2/s/c(=C3\SC(=S)N(CC(=O)O)C3=O)n(CC)c2=O)Sc2ccc(C(F)(F)F)cc21. The van der Waals surface area contributed by atoms with Crippen LogP contribution in [0.2, 0.25) is 0 Å². The minimum atomic E-state index is -4.45. The fourth-order valence-corrected chi connectivity index (χ4v) is 7.29. The van der Waals surface area contributed by atoms with Crippen molar-refractivity contribution in [2.24, 2.45) is 0 Å². The number of carboxylic acid groups (broad SMARTS) is 1. The Morgan fingerprint density at radius 2 is 1.83 bits per heavy atom. The van der Waals surface area contributed by atoms with Gasteiger partial charge < -0.3 is 10.0 Å². The molecule has 2 aliphatic heterocycles. The van der Waals surface area contributed by atoms with E-state index in [2.05, 4.69) is 0 Å². The van der Waals surface area contributed by atoms with Crippen LogP contribution < -0.4 is 19.7 Å². The summed E-state index contributed by atoms with van der Waals surface area (Å²) in [4.78, 5) is 40.5. The summed E-state index contributed by atoms with van der Waals surface area (Å²) >= 11 is 8.48. The average molecular weight is 574 g/mol. The lowest BCUT2D eigenvalue weighted by Crippen LogP contribution is -2.35. The van der Waals surface area contributed by atoms with Gasteiger partial charge in [-0.05, 0) is 44.2 Å². The number of amides is 1. The number of aliphatic carboxylic acids is 1. The number of anilines is 1. The van der Waals surface area contributed by atoms with Crippen LogP contribution in [0.25, 0.3) is 11.0 Å². The van der Waals surface area contributed by atoms with E-state index in [1.54, 1.807) is 24.0 Å². The lowest BCUT2D eigenvalue weighted by atomic mass is 10.2. The first-order valence-corrected chi connectivity index (χ1v) is 13.4. The summed E-state index contributed by atoms with van der Waals surface area (Å²) < 4.78 is 41.8. The van der Waals surface area contributed by atoms with Crippen LogP contribution >= 0.6 is 47.1 Å². The number of rotatable bonds is 5. The molecule has 0 saturated carbocycles. The van der Waals surface area contributed by atoms with Crippen molar-refractivity contribution in [3.8, 4) is 0 Å². The van der Waals surface area contributed by atoms with Gasteiger partial charge in [-0.1, -0.05) is 35.7 Å². The predicted molar refractivity (Wildman–Crippen MR) is 139 cm³/mol. The molecule has 4 rings (SSSR count). The van der Waals surface area contributed by atoms with E-state index in [9.17, 15) is 27.6 Å². The third-order valence-corrected chi connectivity index (χ3v) is 9.16. The number of halogens is 3. The summed E-state index contributed by atoms with van der Waals surface area (Å²) in [5.41, 5.74) is -0.615. The van der Waals surface area contributed by atoms with Crippen molar-refractivity contribution in [3.05, 3.63) is 54.4 Å². The van der Waals surface area contributed by atoms with Crippen molar-refractivity contribution >= 4 is 79.9 Å². The first kappa shape index (κ1) is 26.5. The molecule has 0 atom stereocenters. The molecule has 1 N–H and O–H groups in total. The van der Waals surface area contributed by atoms with E-state index in [1.807, 2.05) is 6.92 Å². The first-order chi connectivity index (χ1) is 17.0. The number of thiazole rings is 1. The van der Waals surface area contributed by atoms with Crippen LogP contribution in [0.1, 0.15) is 19.4 Å². The predicted octanol–water partition coefficient (Wildman–Crippen LogP) is 3.26. The van der Waals surface area contributed by atoms with E-state index < -0.39 is 30.2 Å². The Morgan fingerprint density at radius 1 is 1.11 bits per heavy atom. The second kappa shape index (κ2) is 10.1. The number of nitrogens with zero attached hydrogens (tertiary/aromatic N) is 3. The molecule has 1 saturated heterocycles. The highest BCUT2D eigenvalue weighted by atomic mass is 32.2. The Kier molecular flexibility index (Phi) is 7.42. The van der Waals surface area contributed by atoms with Crippen LogP contribution in [0.4, 0.5) is 18.9 Å². The van der Waals surface area contributed by atoms with Crippen LogP contribution in [0.5, 0.6) is 0 Å². The van der Waals surface area contributed by atoms with Gasteiger partial charge in [-0.2, -0.15) is 13.2 Å². The molecular weight excluding hydrogens is 556 g/mol. The van der Waals surface area contributed by atoms with Gasteiger partial charge >= 0.3 is 12.1 Å². The highest BCUT2D eigenvalue weighted by molar-refractivity contribution is 8.30. The summed E-state index contributed by atoms with van der Waals surface area (Å²) in [6.45, 7) is 3.71. The Labute approximate surface area is 220 Å². The second-order valence-corrected chi connectivity index (χ2v) is 11.2. The zero-order chi connectivity index (χ0) is 26.4. The number of allylic oxidation sites excluding steroid dienone is 1. The van der Waals surface area contributed by atoms with Crippen molar-refractivity contribution in [1.29, 1.82) is 0 Å². The minimum Gasteiger partial charge on any atom is -0.480 e. The number of benzene rings is 1. The maximum Gasteiger partial charge on any atom is 0.416 e. The number of aromatic nitrogens is 1. The molecule has 0 bridgehead atoms. The number of thioether (sulfide) groups is 2. The summed E-state index contributed by atoms with van der Waals surface area (Å²) in [5.74, 6) is -1.77. The molecule has 2 aliphatic rings. The number of carboxylic acids is 1. The number of fused-ring (bicyclic) bond motifs is 1. The Hall–Kier alpha value is -2.55. The van der Waals surface area contributed by atoms with Gasteiger partial charge in [-0.25, -0.2) is 0 Å². The summed E-state index contributed by atoms with van der Waals surface area (Å²) in [5, 5.41) is 9.72. The summed E-state index contributed by atoms with van der Waals surface area (Å²) in [6.07, 6.45) is -1.19. The van der Waals surface area contributed by atoms with Crippen LogP contribution in [-0.4, -0.2) is 43.9 Å². The molecule has 0 aliphatic carbocycles. The van der Waals surface area contributed by atoms with E-state index in [1.165, 1.54) is 22.4 Å². The largest absolute Gasteiger partial charge is 0.480 e. The molecular formula is C22H18F3N3O4S4. The fraction of sp³-hybridized carbons (Fsp3) is 0.273. The molecule has 2 aromatic rings. The van der Waals surface area contributed by atoms with Gasteiger partial charge in [0.05, 0.1) is 20.8 Å². The standard InChI is InChI=1S/C22H18F3N3O4S4/c1-3-26-12-9-11(22(23,24)25)5-6-13(12)34-15(26)8-7-14-18(31)27(4-2)20(35-14)17-19(32)28(10-16(29)30)21(33)36-17/h5-9H,3-4,10H2,1-2H3,(H,29,30)/b14-7+,15-8-,20-17-. The van der Waals surface area contributed by atoms with Gasteiger partial charge in [0.1, 0.15) is 20.4 Å². The molecule has 1 aromatic heterocycles. The molecule has 36 heavy (non-hydrogen) atoms. The summed E-state index contributed by atoms with van der Waals surface area (Å²) in [7, 11) is 0. The van der Waals surface area contributed by atoms with Crippen LogP contribution in [0, 0.1) is 0 Å². The highest BCUT2D eigenvalue weighted by Crippen LogP contribution is 2.47. The van der Waals surface area contributed by atoms with Gasteiger partial charge in [0.25, 0.3) is 11.5 Å². The van der Waals surface area contributed by atoms with Crippen molar-refractivity contribution in [1.82, 2.24) is 9.47 Å². The topological polar surface area (TPSA) is 82.8 Å². The molecule has 1 amide bonds. The lowest BCUT2D eigenvalue weighted by Gasteiger charge is -2.18.